The molecule has 0 radical (unpaired) electrons. The Hall–Kier alpha value is -1.43. The van der Waals surface area contributed by atoms with Gasteiger partial charge < -0.3 is 10.2 Å². The third-order valence-corrected chi connectivity index (χ3v) is 4.09. The molecule has 0 spiro atoms. The van der Waals surface area contributed by atoms with E-state index in [1.54, 1.807) is 11.0 Å². The lowest BCUT2D eigenvalue weighted by molar-refractivity contribution is -0.133. The molecule has 2 rings (SSSR count). The van der Waals surface area contributed by atoms with Gasteiger partial charge in [-0.15, -0.1) is 0 Å². The van der Waals surface area contributed by atoms with E-state index in [-0.39, 0.29) is 11.3 Å². The molecule has 20 heavy (non-hydrogen) atoms. The van der Waals surface area contributed by atoms with Gasteiger partial charge in [0.15, 0.2) is 0 Å². The van der Waals surface area contributed by atoms with Crippen LogP contribution < -0.4 is 5.32 Å². The predicted octanol–water partition coefficient (Wildman–Crippen LogP) is 0.906. The summed E-state index contributed by atoms with van der Waals surface area (Å²) in [5, 5.41) is 7.12. The third kappa shape index (κ3) is 3.79. The first-order valence-corrected chi connectivity index (χ1v) is 7.47. The number of hydrogen-bond acceptors (Lipinski definition) is 4. The van der Waals surface area contributed by atoms with Crippen LogP contribution in [0.25, 0.3) is 0 Å². The molecule has 1 aliphatic rings. The van der Waals surface area contributed by atoms with Crippen LogP contribution >= 0.6 is 0 Å². The lowest BCUT2D eigenvalue weighted by atomic mass is 9.81. The van der Waals surface area contributed by atoms with Crippen LogP contribution in [0.3, 0.4) is 0 Å². The molecule has 1 aliphatic heterocycles. The topological polar surface area (TPSA) is 63.1 Å². The SMILES string of the molecule is CCN1CCC[C@@](C)(C(=O)NCCCn2cncn2)C1. The zero-order valence-corrected chi connectivity index (χ0v) is 12.5. The molecule has 112 valence electrons. The fourth-order valence-electron chi connectivity index (χ4n) is 2.80. The molecule has 1 aromatic rings. The normalized spacial score (nSPS) is 23.7. The molecular weight excluding hydrogens is 254 g/mol. The highest BCUT2D eigenvalue weighted by molar-refractivity contribution is 5.82. The molecule has 1 N–H and O–H groups in total. The zero-order valence-electron chi connectivity index (χ0n) is 12.5. The summed E-state index contributed by atoms with van der Waals surface area (Å²) in [5.74, 6) is 0.189. The fraction of sp³-hybridized carbons (Fsp3) is 0.786. The maximum Gasteiger partial charge on any atom is 0.227 e. The maximum atomic E-state index is 12.4. The van der Waals surface area contributed by atoms with E-state index in [0.717, 1.165) is 45.4 Å². The molecule has 2 heterocycles. The molecule has 0 aromatic carbocycles. The second-order valence-corrected chi connectivity index (χ2v) is 5.80. The number of rotatable bonds is 6. The van der Waals surface area contributed by atoms with Crippen LogP contribution in [-0.4, -0.2) is 51.8 Å². The standard InChI is InChI=1S/C14H25N5O/c1-3-18-8-4-6-14(2,10-18)13(20)16-7-5-9-19-12-15-11-17-19/h11-12H,3-10H2,1-2H3,(H,16,20)/t14-/m1/s1. The van der Waals surface area contributed by atoms with E-state index >= 15 is 0 Å². The number of aryl methyl sites for hydroxylation is 1. The molecule has 0 unspecified atom stereocenters. The van der Waals surface area contributed by atoms with Crippen molar-refractivity contribution >= 4 is 5.91 Å². The van der Waals surface area contributed by atoms with Crippen LogP contribution in [0.4, 0.5) is 0 Å². The Morgan fingerprint density at radius 1 is 1.50 bits per heavy atom. The van der Waals surface area contributed by atoms with Crippen molar-refractivity contribution in [1.82, 2.24) is 25.0 Å². The highest BCUT2D eigenvalue weighted by Gasteiger charge is 2.36. The predicted molar refractivity (Wildman–Crippen MR) is 77.1 cm³/mol. The monoisotopic (exact) mass is 279 g/mol. The Bertz CT molecular complexity index is 419. The smallest absolute Gasteiger partial charge is 0.227 e. The summed E-state index contributed by atoms with van der Waals surface area (Å²) in [6.07, 6.45) is 6.20. The van der Waals surface area contributed by atoms with E-state index in [2.05, 4.69) is 34.1 Å². The number of hydrogen-bond donors (Lipinski definition) is 1. The molecule has 1 saturated heterocycles. The quantitative estimate of drug-likeness (QED) is 0.786. The number of carbonyl (C=O) groups is 1. The van der Waals surface area contributed by atoms with Gasteiger partial charge in [-0.3, -0.25) is 9.48 Å². The van der Waals surface area contributed by atoms with Crippen molar-refractivity contribution in [2.75, 3.05) is 26.2 Å². The molecule has 1 atom stereocenters. The van der Waals surface area contributed by atoms with E-state index in [0.29, 0.717) is 6.54 Å². The Morgan fingerprint density at radius 2 is 2.35 bits per heavy atom. The molecule has 1 amide bonds. The Balaban J connectivity index is 1.73. The van der Waals surface area contributed by atoms with E-state index in [9.17, 15) is 4.79 Å². The zero-order chi connectivity index (χ0) is 14.4. The van der Waals surface area contributed by atoms with Gasteiger partial charge in [-0.05, 0) is 39.3 Å². The van der Waals surface area contributed by atoms with Gasteiger partial charge in [0, 0.05) is 19.6 Å². The van der Waals surface area contributed by atoms with Crippen molar-refractivity contribution in [1.29, 1.82) is 0 Å². The number of aromatic nitrogens is 3. The van der Waals surface area contributed by atoms with E-state index in [1.165, 1.54) is 6.33 Å². The average molecular weight is 279 g/mol. The lowest BCUT2D eigenvalue weighted by Crippen LogP contribution is -2.50. The van der Waals surface area contributed by atoms with Crippen molar-refractivity contribution in [3.8, 4) is 0 Å². The summed E-state index contributed by atoms with van der Waals surface area (Å²) in [7, 11) is 0. The summed E-state index contributed by atoms with van der Waals surface area (Å²) < 4.78 is 1.79. The van der Waals surface area contributed by atoms with Gasteiger partial charge in [0.1, 0.15) is 12.7 Å². The minimum Gasteiger partial charge on any atom is -0.356 e. The highest BCUT2D eigenvalue weighted by Crippen LogP contribution is 2.29. The summed E-state index contributed by atoms with van der Waals surface area (Å²) in [4.78, 5) is 18.6. The minimum absolute atomic E-state index is 0.189. The molecule has 0 aliphatic carbocycles. The molecule has 6 heteroatoms. The Labute approximate surface area is 120 Å². The van der Waals surface area contributed by atoms with Gasteiger partial charge in [-0.2, -0.15) is 5.10 Å². The summed E-state index contributed by atoms with van der Waals surface area (Å²) >= 11 is 0. The van der Waals surface area contributed by atoms with Crippen molar-refractivity contribution in [2.45, 2.75) is 39.7 Å². The number of piperidine rings is 1. The Kier molecular flexibility index (Phi) is 5.11. The first-order chi connectivity index (χ1) is 9.64. The van der Waals surface area contributed by atoms with Crippen molar-refractivity contribution < 1.29 is 4.79 Å². The molecule has 6 nitrogen and oxygen atoms in total. The summed E-state index contributed by atoms with van der Waals surface area (Å²) in [6.45, 7) is 8.74. The maximum absolute atomic E-state index is 12.4. The van der Waals surface area contributed by atoms with Crippen molar-refractivity contribution in [2.24, 2.45) is 5.41 Å². The number of carbonyl (C=O) groups excluding carboxylic acids is 1. The van der Waals surface area contributed by atoms with E-state index in [4.69, 9.17) is 0 Å². The van der Waals surface area contributed by atoms with E-state index in [1.807, 2.05) is 0 Å². The van der Waals surface area contributed by atoms with Crippen molar-refractivity contribution in [3.63, 3.8) is 0 Å². The molecule has 0 saturated carbocycles. The summed E-state index contributed by atoms with van der Waals surface area (Å²) in [5.41, 5.74) is -0.235. The highest BCUT2D eigenvalue weighted by atomic mass is 16.2. The van der Waals surface area contributed by atoms with E-state index < -0.39 is 0 Å². The number of nitrogens with zero attached hydrogens (tertiary/aromatic N) is 4. The molecule has 0 bridgehead atoms. The van der Waals surface area contributed by atoms with Crippen LogP contribution in [0, 0.1) is 5.41 Å². The number of nitrogens with one attached hydrogen (secondary N) is 1. The molecular formula is C14H25N5O. The average Bonchev–Trinajstić information content (AvgIpc) is 2.96. The number of likely N-dealkylation sites (tertiary alicyclic amines) is 1. The third-order valence-electron chi connectivity index (χ3n) is 4.09. The Morgan fingerprint density at radius 3 is 3.05 bits per heavy atom. The molecule has 1 aromatic heterocycles. The van der Waals surface area contributed by atoms with Gasteiger partial charge in [-0.25, -0.2) is 4.98 Å². The second kappa shape index (κ2) is 6.83. The largest absolute Gasteiger partial charge is 0.356 e. The molecule has 1 fully saturated rings. The van der Waals surface area contributed by atoms with Crippen LogP contribution in [-0.2, 0) is 11.3 Å². The van der Waals surface area contributed by atoms with Crippen LogP contribution in [0.1, 0.15) is 33.1 Å². The van der Waals surface area contributed by atoms with Crippen LogP contribution in [0.2, 0.25) is 0 Å². The van der Waals surface area contributed by atoms with Crippen molar-refractivity contribution in [3.05, 3.63) is 12.7 Å². The van der Waals surface area contributed by atoms with Gasteiger partial charge in [0.05, 0.1) is 5.41 Å². The first kappa shape index (κ1) is 15.0. The van der Waals surface area contributed by atoms with Gasteiger partial charge in [0.25, 0.3) is 0 Å². The number of amides is 1. The van der Waals surface area contributed by atoms with Crippen LogP contribution in [0.15, 0.2) is 12.7 Å². The summed E-state index contributed by atoms with van der Waals surface area (Å²) in [6, 6.07) is 0. The van der Waals surface area contributed by atoms with Gasteiger partial charge in [-0.1, -0.05) is 6.92 Å². The van der Waals surface area contributed by atoms with Gasteiger partial charge in [0.2, 0.25) is 5.91 Å². The minimum atomic E-state index is -0.235. The fourth-order valence-corrected chi connectivity index (χ4v) is 2.80. The van der Waals surface area contributed by atoms with Gasteiger partial charge >= 0.3 is 0 Å². The lowest BCUT2D eigenvalue weighted by Gasteiger charge is -2.38. The first-order valence-electron chi connectivity index (χ1n) is 7.47. The van der Waals surface area contributed by atoms with Crippen LogP contribution in [0.5, 0.6) is 0 Å². The second-order valence-electron chi connectivity index (χ2n) is 5.80.